The third kappa shape index (κ3) is 2.97. The molecule has 0 spiro atoms. The van der Waals surface area contributed by atoms with Crippen molar-refractivity contribution in [1.82, 2.24) is 0 Å². The first-order chi connectivity index (χ1) is 18.7. The lowest BCUT2D eigenvalue weighted by atomic mass is 9.66. The zero-order chi connectivity index (χ0) is 28.9. The van der Waals surface area contributed by atoms with Gasteiger partial charge in [-0.2, -0.15) is 0 Å². The summed E-state index contributed by atoms with van der Waals surface area (Å²) in [6, 6.07) is 14.0. The molecule has 2 saturated heterocycles. The predicted molar refractivity (Wildman–Crippen MR) is 143 cm³/mol. The zero-order valence-electron chi connectivity index (χ0n) is 23.7. The fourth-order valence-corrected chi connectivity index (χ4v) is 7.28. The van der Waals surface area contributed by atoms with E-state index in [2.05, 4.69) is 0 Å². The summed E-state index contributed by atoms with van der Waals surface area (Å²) in [6.07, 6.45) is 1.85. The van der Waals surface area contributed by atoms with Crippen LogP contribution in [0.25, 0.3) is 11.1 Å². The predicted octanol–water partition coefficient (Wildman–Crippen LogP) is 5.41. The second-order valence-electron chi connectivity index (χ2n) is 13.2. The summed E-state index contributed by atoms with van der Waals surface area (Å²) in [5.74, 6) is -1.55. The van der Waals surface area contributed by atoms with E-state index in [1.165, 1.54) is 0 Å². The Kier molecular flexibility index (Phi) is 5.28. The molecule has 4 atom stereocenters. The van der Waals surface area contributed by atoms with Gasteiger partial charge in [-0.05, 0) is 63.3 Å². The van der Waals surface area contributed by atoms with Crippen LogP contribution in [0.1, 0.15) is 67.2 Å². The zero-order valence-corrected chi connectivity index (χ0v) is 23.7. The highest BCUT2D eigenvalue weighted by molar-refractivity contribution is 5.96. The van der Waals surface area contributed by atoms with Gasteiger partial charge in [0, 0.05) is 16.4 Å². The van der Waals surface area contributed by atoms with Gasteiger partial charge in [-0.1, -0.05) is 58.0 Å². The van der Waals surface area contributed by atoms with Crippen LogP contribution in [0.3, 0.4) is 0 Å². The average Bonchev–Trinajstić information content (AvgIpc) is 3.38. The highest BCUT2D eigenvalue weighted by atomic mass is 16.6. The SMILES string of the molecule is CC12CCC(C(=O)Oc3ccc(OC(=O)C45CCC(C)(C(=O)O4)C5(C)C)c(-c4ccccc4)c3)(OC1=O)C2(C)C. The van der Waals surface area contributed by atoms with Gasteiger partial charge < -0.3 is 18.9 Å². The van der Waals surface area contributed by atoms with Crippen LogP contribution in [0.5, 0.6) is 11.5 Å². The van der Waals surface area contributed by atoms with Crippen molar-refractivity contribution in [1.29, 1.82) is 0 Å². The normalized spacial score (nSPS) is 34.4. The van der Waals surface area contributed by atoms with Crippen molar-refractivity contribution in [2.24, 2.45) is 21.7 Å². The van der Waals surface area contributed by atoms with E-state index in [1.54, 1.807) is 18.2 Å². The molecule has 8 heteroatoms. The number of ether oxygens (including phenoxy) is 4. The monoisotopic (exact) mass is 546 g/mol. The molecule has 2 aliphatic heterocycles. The van der Waals surface area contributed by atoms with Gasteiger partial charge in [0.1, 0.15) is 11.5 Å². The van der Waals surface area contributed by atoms with Crippen molar-refractivity contribution in [3.8, 4) is 22.6 Å². The molecular formula is C32H34O8. The molecule has 8 nitrogen and oxygen atoms in total. The number of hydrogen-bond donors (Lipinski definition) is 0. The van der Waals surface area contributed by atoms with Crippen LogP contribution in [0.4, 0.5) is 0 Å². The van der Waals surface area contributed by atoms with Gasteiger partial charge >= 0.3 is 23.9 Å². The molecule has 2 aromatic rings. The van der Waals surface area contributed by atoms with Crippen molar-refractivity contribution < 1.29 is 38.1 Å². The minimum Gasteiger partial charge on any atom is -0.446 e. The summed E-state index contributed by atoms with van der Waals surface area (Å²) in [7, 11) is 0. The molecule has 2 aliphatic carbocycles. The van der Waals surface area contributed by atoms with Crippen molar-refractivity contribution in [2.45, 2.75) is 78.4 Å². The van der Waals surface area contributed by atoms with Crippen LogP contribution in [-0.4, -0.2) is 35.1 Å². The maximum atomic E-state index is 13.7. The van der Waals surface area contributed by atoms with Crippen molar-refractivity contribution in [3.63, 3.8) is 0 Å². The van der Waals surface area contributed by atoms with Crippen molar-refractivity contribution >= 4 is 23.9 Å². The summed E-state index contributed by atoms with van der Waals surface area (Å²) < 4.78 is 23.2. The van der Waals surface area contributed by atoms with Crippen LogP contribution in [0, 0.1) is 21.7 Å². The molecule has 2 aromatic carbocycles. The summed E-state index contributed by atoms with van der Waals surface area (Å²) in [5, 5.41) is 0. The molecule has 2 saturated carbocycles. The summed E-state index contributed by atoms with van der Waals surface area (Å²) in [5.41, 5.74) is -4.52. The van der Waals surface area contributed by atoms with E-state index in [1.807, 2.05) is 71.9 Å². The minimum atomic E-state index is -1.38. The first-order valence-electron chi connectivity index (χ1n) is 13.8. The Labute approximate surface area is 233 Å². The van der Waals surface area contributed by atoms with Crippen LogP contribution in [-0.2, 0) is 28.7 Å². The maximum absolute atomic E-state index is 13.7. The second-order valence-corrected chi connectivity index (χ2v) is 13.2. The molecule has 210 valence electrons. The lowest BCUT2D eigenvalue weighted by molar-refractivity contribution is -0.176. The van der Waals surface area contributed by atoms with E-state index in [9.17, 15) is 19.2 Å². The quantitative estimate of drug-likeness (QED) is 0.362. The van der Waals surface area contributed by atoms with Gasteiger partial charge in [0.25, 0.3) is 0 Å². The number of hydrogen-bond acceptors (Lipinski definition) is 8. The van der Waals surface area contributed by atoms with Gasteiger partial charge in [-0.25, -0.2) is 9.59 Å². The van der Waals surface area contributed by atoms with E-state index in [0.717, 1.165) is 5.56 Å². The third-order valence-electron chi connectivity index (χ3n) is 11.3. The number of carbonyl (C=O) groups excluding carboxylic acids is 4. The maximum Gasteiger partial charge on any atom is 0.356 e. The second kappa shape index (κ2) is 7.95. The molecule has 4 aliphatic rings. The lowest BCUT2D eigenvalue weighted by Crippen LogP contribution is -2.50. The molecular weight excluding hydrogens is 512 g/mol. The Morgan fingerprint density at radius 3 is 1.62 bits per heavy atom. The Balaban J connectivity index is 1.33. The smallest absolute Gasteiger partial charge is 0.356 e. The molecule has 6 rings (SSSR count). The molecule has 40 heavy (non-hydrogen) atoms. The van der Waals surface area contributed by atoms with Crippen LogP contribution in [0.15, 0.2) is 48.5 Å². The van der Waals surface area contributed by atoms with E-state index >= 15 is 0 Å². The average molecular weight is 547 g/mol. The van der Waals surface area contributed by atoms with Gasteiger partial charge in [-0.3, -0.25) is 9.59 Å². The Morgan fingerprint density at radius 1 is 0.675 bits per heavy atom. The fraction of sp³-hybridized carbons (Fsp3) is 0.500. The largest absolute Gasteiger partial charge is 0.446 e. The lowest BCUT2D eigenvalue weighted by Gasteiger charge is -2.34. The number of esters is 4. The first kappa shape index (κ1) is 26.5. The summed E-state index contributed by atoms with van der Waals surface area (Å²) in [6.45, 7) is 11.2. The molecule has 4 fully saturated rings. The molecule has 0 aromatic heterocycles. The Hall–Kier alpha value is -3.68. The van der Waals surface area contributed by atoms with Gasteiger partial charge in [-0.15, -0.1) is 0 Å². The number of fused-ring (bicyclic) bond motifs is 4. The fourth-order valence-electron chi connectivity index (χ4n) is 7.28. The highest BCUT2D eigenvalue weighted by Crippen LogP contribution is 2.67. The minimum absolute atomic E-state index is 0.226. The van der Waals surface area contributed by atoms with E-state index in [0.29, 0.717) is 31.2 Å². The van der Waals surface area contributed by atoms with Gasteiger partial charge in [0.2, 0.25) is 11.2 Å². The molecule has 4 unspecified atom stereocenters. The third-order valence-corrected chi connectivity index (χ3v) is 11.3. The molecule has 0 N–H and O–H groups in total. The number of carbonyl (C=O) groups is 4. The summed E-state index contributed by atoms with van der Waals surface area (Å²) in [4.78, 5) is 52.6. The van der Waals surface area contributed by atoms with Gasteiger partial charge in [0.05, 0.1) is 10.8 Å². The van der Waals surface area contributed by atoms with Crippen LogP contribution in [0.2, 0.25) is 0 Å². The van der Waals surface area contributed by atoms with E-state index in [-0.39, 0.29) is 23.4 Å². The molecule has 0 amide bonds. The van der Waals surface area contributed by atoms with Crippen LogP contribution >= 0.6 is 0 Å². The highest BCUT2D eigenvalue weighted by Gasteiger charge is 2.77. The first-order valence-corrected chi connectivity index (χ1v) is 13.8. The summed E-state index contributed by atoms with van der Waals surface area (Å²) >= 11 is 0. The molecule has 2 heterocycles. The Morgan fingerprint density at radius 2 is 1.18 bits per heavy atom. The van der Waals surface area contributed by atoms with E-state index < -0.39 is 44.8 Å². The van der Waals surface area contributed by atoms with Crippen molar-refractivity contribution in [3.05, 3.63) is 48.5 Å². The standard InChI is InChI=1S/C32H34O8/c1-27(2)29(5)14-16-31(27,39-23(29)33)25(35)37-20-12-13-22(21(18-20)19-10-8-7-9-11-19)38-26(36)32-17-15-30(6,24(34)40-32)28(32,3)4/h7-13,18H,14-17H2,1-6H3. The topological polar surface area (TPSA) is 105 Å². The van der Waals surface area contributed by atoms with Crippen molar-refractivity contribution in [2.75, 3.05) is 0 Å². The Bertz CT molecular complexity index is 1470. The molecule has 0 radical (unpaired) electrons. The number of rotatable bonds is 5. The van der Waals surface area contributed by atoms with Gasteiger partial charge in [0.15, 0.2) is 0 Å². The van der Waals surface area contributed by atoms with Crippen LogP contribution < -0.4 is 9.47 Å². The molecule has 4 bridgehead atoms. The van der Waals surface area contributed by atoms with E-state index in [4.69, 9.17) is 18.9 Å². The number of benzene rings is 2.